The smallest absolute Gasteiger partial charge is 0.267 e. The molecule has 6 nitrogen and oxygen atoms in total. The molecule has 7 heteroatoms. The van der Waals surface area contributed by atoms with Gasteiger partial charge >= 0.3 is 0 Å². The summed E-state index contributed by atoms with van der Waals surface area (Å²) in [6.45, 7) is 4.42. The molecule has 0 radical (unpaired) electrons. The van der Waals surface area contributed by atoms with Gasteiger partial charge in [-0.1, -0.05) is 30.0 Å². The number of ketones is 1. The Bertz CT molecular complexity index is 1280. The molecule has 2 heterocycles. The van der Waals surface area contributed by atoms with Gasteiger partial charge in [0.05, 0.1) is 23.3 Å². The number of rotatable bonds is 7. The third-order valence-corrected chi connectivity index (χ3v) is 5.63. The van der Waals surface area contributed by atoms with Crippen molar-refractivity contribution in [2.75, 3.05) is 12.4 Å². The van der Waals surface area contributed by atoms with E-state index in [9.17, 15) is 9.59 Å². The van der Waals surface area contributed by atoms with Crippen molar-refractivity contribution in [3.8, 4) is 11.6 Å². The van der Waals surface area contributed by atoms with Gasteiger partial charge in [-0.15, -0.1) is 0 Å². The number of carbonyl (C=O) groups is 1. The van der Waals surface area contributed by atoms with Crippen molar-refractivity contribution in [3.05, 3.63) is 88.3 Å². The monoisotopic (exact) mass is 431 g/mol. The van der Waals surface area contributed by atoms with Gasteiger partial charge in [0.25, 0.3) is 5.56 Å². The summed E-state index contributed by atoms with van der Waals surface area (Å²) in [5.41, 5.74) is 1.95. The van der Waals surface area contributed by atoms with Gasteiger partial charge in [-0.3, -0.25) is 9.59 Å². The maximum Gasteiger partial charge on any atom is 0.267 e. The van der Waals surface area contributed by atoms with Crippen LogP contribution in [-0.4, -0.2) is 32.7 Å². The number of ether oxygens (including phenoxy) is 1. The van der Waals surface area contributed by atoms with Crippen molar-refractivity contribution >= 4 is 28.4 Å². The lowest BCUT2D eigenvalue weighted by molar-refractivity contribution is 0.102. The number of fused-ring (bicyclic) bond motifs is 1. The molecule has 0 unspecified atom stereocenters. The zero-order valence-corrected chi connectivity index (χ0v) is 18.1. The van der Waals surface area contributed by atoms with Gasteiger partial charge in [0, 0.05) is 11.8 Å². The average molecular weight is 432 g/mol. The minimum atomic E-state index is -0.210. The second-order valence-corrected chi connectivity index (χ2v) is 7.86. The number of thioether (sulfide) groups is 1. The summed E-state index contributed by atoms with van der Waals surface area (Å²) in [6.07, 6.45) is 1.70. The van der Waals surface area contributed by atoms with E-state index in [0.29, 0.717) is 34.0 Å². The molecule has 0 saturated carbocycles. The molecular weight excluding hydrogens is 410 g/mol. The van der Waals surface area contributed by atoms with Crippen LogP contribution in [0.3, 0.4) is 0 Å². The molecule has 0 bridgehead atoms. The van der Waals surface area contributed by atoms with Crippen LogP contribution in [0, 0.1) is 6.92 Å². The molecule has 31 heavy (non-hydrogen) atoms. The van der Waals surface area contributed by atoms with Crippen LogP contribution >= 0.6 is 11.8 Å². The Morgan fingerprint density at radius 2 is 1.84 bits per heavy atom. The molecule has 0 saturated heterocycles. The maximum absolute atomic E-state index is 13.2. The SMILES string of the molecule is CCOc1ccc(C(=O)CSc2nc3ccccc3c(=O)n2-c2ccc(C)cn2)cc1. The van der Waals surface area contributed by atoms with Gasteiger partial charge in [0.2, 0.25) is 0 Å². The van der Waals surface area contributed by atoms with E-state index in [2.05, 4.69) is 9.97 Å². The number of carbonyl (C=O) groups excluding carboxylic acids is 1. The fourth-order valence-corrected chi connectivity index (χ4v) is 4.02. The molecule has 0 aliphatic heterocycles. The first-order chi connectivity index (χ1) is 15.1. The van der Waals surface area contributed by atoms with Crippen molar-refractivity contribution in [2.24, 2.45) is 0 Å². The van der Waals surface area contributed by atoms with E-state index in [-0.39, 0.29) is 17.1 Å². The van der Waals surface area contributed by atoms with Crippen LogP contribution in [0.15, 0.2) is 76.8 Å². The Morgan fingerprint density at radius 3 is 2.55 bits per heavy atom. The Hall–Kier alpha value is -3.45. The normalized spacial score (nSPS) is 10.9. The maximum atomic E-state index is 13.2. The zero-order valence-electron chi connectivity index (χ0n) is 17.2. The third-order valence-electron chi connectivity index (χ3n) is 4.69. The number of aryl methyl sites for hydroxylation is 1. The lowest BCUT2D eigenvalue weighted by Gasteiger charge is -2.12. The summed E-state index contributed by atoms with van der Waals surface area (Å²) in [5.74, 6) is 1.29. The van der Waals surface area contributed by atoms with Gasteiger partial charge in [-0.2, -0.15) is 0 Å². The topological polar surface area (TPSA) is 74.1 Å². The summed E-state index contributed by atoms with van der Waals surface area (Å²) >= 11 is 1.22. The van der Waals surface area contributed by atoms with Crippen LogP contribution in [0.2, 0.25) is 0 Å². The fraction of sp³-hybridized carbons (Fsp3) is 0.167. The van der Waals surface area contributed by atoms with E-state index in [1.165, 1.54) is 16.3 Å². The highest BCUT2D eigenvalue weighted by atomic mass is 32.2. The van der Waals surface area contributed by atoms with Gasteiger partial charge in [0.1, 0.15) is 11.6 Å². The number of aromatic nitrogens is 3. The minimum Gasteiger partial charge on any atom is -0.494 e. The molecule has 0 spiro atoms. The van der Waals surface area contributed by atoms with E-state index < -0.39 is 0 Å². The first kappa shape index (κ1) is 20.8. The second kappa shape index (κ2) is 9.14. The predicted molar refractivity (Wildman–Crippen MR) is 123 cm³/mol. The first-order valence-electron chi connectivity index (χ1n) is 9.90. The third kappa shape index (κ3) is 4.51. The summed E-state index contributed by atoms with van der Waals surface area (Å²) in [7, 11) is 0. The molecule has 0 aliphatic carbocycles. The highest BCUT2D eigenvalue weighted by molar-refractivity contribution is 7.99. The zero-order chi connectivity index (χ0) is 21.8. The van der Waals surface area contributed by atoms with Crippen LogP contribution < -0.4 is 10.3 Å². The molecule has 0 fully saturated rings. The lowest BCUT2D eigenvalue weighted by Crippen LogP contribution is -2.23. The minimum absolute atomic E-state index is 0.0566. The number of benzene rings is 2. The highest BCUT2D eigenvalue weighted by Crippen LogP contribution is 2.22. The average Bonchev–Trinajstić information content (AvgIpc) is 2.79. The molecule has 0 amide bonds. The van der Waals surface area contributed by atoms with Crippen LogP contribution in [0.5, 0.6) is 5.75 Å². The van der Waals surface area contributed by atoms with E-state index in [4.69, 9.17) is 4.74 Å². The molecule has 156 valence electrons. The Balaban J connectivity index is 1.67. The lowest BCUT2D eigenvalue weighted by atomic mass is 10.1. The predicted octanol–water partition coefficient (Wildman–Crippen LogP) is 4.46. The fourth-order valence-electron chi connectivity index (χ4n) is 3.12. The summed E-state index contributed by atoms with van der Waals surface area (Å²) in [4.78, 5) is 35.0. The number of nitrogens with zero attached hydrogens (tertiary/aromatic N) is 3. The standard InChI is InChI=1S/C24H21N3O3S/c1-3-30-18-11-9-17(10-12-18)21(28)15-31-24-26-20-7-5-4-6-19(20)23(29)27(24)22-13-8-16(2)14-25-22/h4-14H,3,15H2,1-2H3. The van der Waals surface area contributed by atoms with Gasteiger partial charge in [0.15, 0.2) is 10.9 Å². The van der Waals surface area contributed by atoms with Crippen molar-refractivity contribution in [3.63, 3.8) is 0 Å². The van der Waals surface area contributed by atoms with Crippen LogP contribution in [0.25, 0.3) is 16.7 Å². The van der Waals surface area contributed by atoms with Crippen LogP contribution in [0.1, 0.15) is 22.8 Å². The molecular formula is C24H21N3O3S. The van der Waals surface area contributed by atoms with Crippen LogP contribution in [0.4, 0.5) is 0 Å². The van der Waals surface area contributed by atoms with Crippen molar-refractivity contribution < 1.29 is 9.53 Å². The van der Waals surface area contributed by atoms with E-state index in [1.807, 2.05) is 26.0 Å². The number of pyridine rings is 1. The Labute approximate surface area is 183 Å². The van der Waals surface area contributed by atoms with Crippen LogP contribution in [-0.2, 0) is 0 Å². The van der Waals surface area contributed by atoms with Gasteiger partial charge < -0.3 is 4.74 Å². The van der Waals surface area contributed by atoms with E-state index in [1.54, 1.807) is 54.7 Å². The quantitative estimate of drug-likeness (QED) is 0.244. The Kier molecular flexibility index (Phi) is 6.13. The molecule has 0 N–H and O–H groups in total. The number of Topliss-reactive ketones (excluding diaryl/α,β-unsaturated/α-hetero) is 1. The van der Waals surface area contributed by atoms with Crippen molar-refractivity contribution in [1.82, 2.24) is 14.5 Å². The highest BCUT2D eigenvalue weighted by Gasteiger charge is 2.16. The molecule has 0 atom stereocenters. The molecule has 4 rings (SSSR count). The van der Waals surface area contributed by atoms with Crippen molar-refractivity contribution in [2.45, 2.75) is 19.0 Å². The first-order valence-corrected chi connectivity index (χ1v) is 10.9. The van der Waals surface area contributed by atoms with Crippen molar-refractivity contribution in [1.29, 1.82) is 0 Å². The molecule has 2 aromatic heterocycles. The largest absolute Gasteiger partial charge is 0.494 e. The van der Waals surface area contributed by atoms with E-state index in [0.717, 1.165) is 11.3 Å². The number of hydrogen-bond donors (Lipinski definition) is 0. The second-order valence-electron chi connectivity index (χ2n) is 6.92. The summed E-state index contributed by atoms with van der Waals surface area (Å²) in [6, 6.07) is 17.9. The van der Waals surface area contributed by atoms with Gasteiger partial charge in [-0.05, 0) is 61.9 Å². The van der Waals surface area contributed by atoms with E-state index >= 15 is 0 Å². The number of hydrogen-bond acceptors (Lipinski definition) is 6. The summed E-state index contributed by atoms with van der Waals surface area (Å²) in [5, 5.41) is 0.936. The molecule has 0 aliphatic rings. The number of para-hydroxylation sites is 1. The summed E-state index contributed by atoms with van der Waals surface area (Å²) < 4.78 is 6.90. The molecule has 4 aromatic rings. The Morgan fingerprint density at radius 1 is 1.06 bits per heavy atom. The van der Waals surface area contributed by atoms with Gasteiger partial charge in [-0.25, -0.2) is 14.5 Å². The molecule has 2 aromatic carbocycles.